The third-order valence-corrected chi connectivity index (χ3v) is 7.05. The molecule has 1 saturated heterocycles. The van der Waals surface area contributed by atoms with Gasteiger partial charge in [0.2, 0.25) is 0 Å². The normalized spacial score (nSPS) is 28.2. The van der Waals surface area contributed by atoms with Crippen molar-refractivity contribution >= 4 is 25.3 Å². The Bertz CT molecular complexity index is 1020. The lowest BCUT2D eigenvalue weighted by molar-refractivity contribution is -0.121. The molecule has 0 saturated carbocycles. The van der Waals surface area contributed by atoms with Crippen molar-refractivity contribution in [3.8, 4) is 0 Å². The number of phosphoric acid groups is 1. The van der Waals surface area contributed by atoms with Crippen molar-refractivity contribution < 1.29 is 42.2 Å². The summed E-state index contributed by atoms with van der Waals surface area (Å²) in [5.41, 5.74) is 4.65. The average Bonchev–Trinajstić information content (AvgIpc) is 3.13. The Morgan fingerprint density at radius 2 is 2.08 bits per heavy atom. The first-order valence-corrected chi connectivity index (χ1v) is 13.5. The zero-order valence-corrected chi connectivity index (χ0v) is 22.0. The zero-order chi connectivity index (χ0) is 27.1. The Balaban J connectivity index is 1.59. The lowest BCUT2D eigenvalue weighted by atomic mass is 9.99. The molecule has 2 heterocycles. The zero-order valence-electron chi connectivity index (χ0n) is 20.3. The predicted molar refractivity (Wildman–Crippen MR) is 134 cm³/mol. The summed E-state index contributed by atoms with van der Waals surface area (Å²) in [5, 5.41) is 10.6. The highest BCUT2D eigenvalue weighted by atomic mass is 35.5. The van der Waals surface area contributed by atoms with Gasteiger partial charge in [-0.15, -0.1) is 11.6 Å². The maximum absolute atomic E-state index is 15.1. The van der Waals surface area contributed by atoms with Gasteiger partial charge in [0.25, 0.3) is 0 Å². The number of amidine groups is 1. The topological polar surface area (TPSA) is 145 Å². The van der Waals surface area contributed by atoms with E-state index in [9.17, 15) is 14.6 Å². The van der Waals surface area contributed by atoms with Crippen LogP contribution in [-0.4, -0.2) is 83.3 Å². The van der Waals surface area contributed by atoms with Crippen LogP contribution in [0.15, 0.2) is 60.0 Å². The minimum Gasteiger partial charge on any atom is -0.387 e. The van der Waals surface area contributed by atoms with E-state index in [0.717, 1.165) is 5.56 Å². The molecule has 0 radical (unpaired) electrons. The van der Waals surface area contributed by atoms with Gasteiger partial charge in [0.05, 0.1) is 32.3 Å². The van der Waals surface area contributed by atoms with E-state index in [1.807, 2.05) is 30.3 Å². The number of hydrogen-bond donors (Lipinski definition) is 3. The second-order valence-electron chi connectivity index (χ2n) is 8.39. The number of benzene rings is 1. The quantitative estimate of drug-likeness (QED) is 0.228. The van der Waals surface area contributed by atoms with Crippen LogP contribution in [0, 0.1) is 0 Å². The van der Waals surface area contributed by atoms with Crippen LogP contribution in [0.1, 0.15) is 12.5 Å². The summed E-state index contributed by atoms with van der Waals surface area (Å²) >= 11 is 6.01. The van der Waals surface area contributed by atoms with E-state index in [-0.39, 0.29) is 31.5 Å². The summed E-state index contributed by atoms with van der Waals surface area (Å²) < 4.78 is 54.7. The van der Waals surface area contributed by atoms with Crippen molar-refractivity contribution in [3.05, 3.63) is 60.6 Å². The molecule has 0 amide bonds. The molecule has 11 nitrogen and oxygen atoms in total. The largest absolute Gasteiger partial charge is 0.472 e. The first kappa shape index (κ1) is 29.7. The molecule has 37 heavy (non-hydrogen) atoms. The number of rotatable bonds is 14. The molecule has 4 N–H and O–H groups in total. The van der Waals surface area contributed by atoms with Crippen LogP contribution in [0.5, 0.6) is 0 Å². The van der Waals surface area contributed by atoms with E-state index in [2.05, 4.69) is 11.6 Å². The van der Waals surface area contributed by atoms with Crippen molar-refractivity contribution in [2.24, 2.45) is 10.7 Å². The summed E-state index contributed by atoms with van der Waals surface area (Å²) in [6.07, 6.45) is -3.02. The van der Waals surface area contributed by atoms with Gasteiger partial charge in [0.15, 0.2) is 12.4 Å². The van der Waals surface area contributed by atoms with Gasteiger partial charge in [-0.2, -0.15) is 0 Å². The van der Waals surface area contributed by atoms with E-state index in [4.69, 9.17) is 40.6 Å². The van der Waals surface area contributed by atoms with Gasteiger partial charge < -0.3 is 34.8 Å². The molecular formula is C23H32ClFN3O8P. The number of aliphatic hydroxyl groups is 1. The molecule has 0 spiro atoms. The summed E-state index contributed by atoms with van der Waals surface area (Å²) in [4.78, 5) is 15.4. The van der Waals surface area contributed by atoms with E-state index in [1.165, 1.54) is 17.2 Å². The SMILES string of the molecule is C=C1N=C(N)C=CN1[C@@H]1O[C@](CCl)(COP(=O)(O)OCC(COCC)OCc2ccccc2)[C@@H](O)[C@H]1F. The monoisotopic (exact) mass is 563 g/mol. The van der Waals surface area contributed by atoms with Crippen LogP contribution < -0.4 is 5.73 Å². The maximum atomic E-state index is 15.1. The predicted octanol–water partition coefficient (Wildman–Crippen LogP) is 2.43. The number of nitrogens with two attached hydrogens (primary N) is 1. The van der Waals surface area contributed by atoms with Gasteiger partial charge in [-0.25, -0.2) is 13.9 Å². The van der Waals surface area contributed by atoms with Crippen LogP contribution in [0.4, 0.5) is 4.39 Å². The molecule has 2 aliphatic rings. The lowest BCUT2D eigenvalue weighted by Gasteiger charge is -2.32. The molecule has 1 aromatic rings. The van der Waals surface area contributed by atoms with Crippen molar-refractivity contribution in [3.63, 3.8) is 0 Å². The van der Waals surface area contributed by atoms with Gasteiger partial charge in [0, 0.05) is 12.8 Å². The van der Waals surface area contributed by atoms with Crippen LogP contribution in [0.2, 0.25) is 0 Å². The second-order valence-corrected chi connectivity index (χ2v) is 10.1. The van der Waals surface area contributed by atoms with Crippen LogP contribution in [-0.2, 0) is 34.4 Å². The average molecular weight is 564 g/mol. The fourth-order valence-electron chi connectivity index (χ4n) is 3.61. The summed E-state index contributed by atoms with van der Waals surface area (Å²) in [7, 11) is -4.69. The van der Waals surface area contributed by atoms with Crippen molar-refractivity contribution in [2.75, 3.05) is 32.3 Å². The molecular weight excluding hydrogens is 532 g/mol. The Labute approximate surface area is 219 Å². The smallest absolute Gasteiger partial charge is 0.387 e. The van der Waals surface area contributed by atoms with Gasteiger partial charge in [-0.3, -0.25) is 9.05 Å². The third-order valence-electron chi connectivity index (χ3n) is 5.66. The molecule has 1 fully saturated rings. The van der Waals surface area contributed by atoms with Crippen LogP contribution >= 0.6 is 19.4 Å². The van der Waals surface area contributed by atoms with Crippen molar-refractivity contribution in [1.82, 2.24) is 4.90 Å². The van der Waals surface area contributed by atoms with Crippen molar-refractivity contribution in [2.45, 2.75) is 43.7 Å². The molecule has 0 aliphatic carbocycles. The number of aliphatic hydroxyl groups excluding tert-OH is 1. The fourth-order valence-corrected chi connectivity index (χ4v) is 4.71. The Kier molecular flexibility index (Phi) is 10.7. The van der Waals surface area contributed by atoms with E-state index < -0.39 is 50.5 Å². The number of nitrogens with zero attached hydrogens (tertiary/aromatic N) is 2. The van der Waals surface area contributed by atoms with Crippen LogP contribution in [0.25, 0.3) is 0 Å². The molecule has 206 valence electrons. The van der Waals surface area contributed by atoms with Crippen LogP contribution in [0.3, 0.4) is 0 Å². The molecule has 2 unspecified atom stereocenters. The highest BCUT2D eigenvalue weighted by molar-refractivity contribution is 7.47. The molecule has 0 bridgehead atoms. The first-order valence-electron chi connectivity index (χ1n) is 11.5. The van der Waals surface area contributed by atoms with E-state index in [0.29, 0.717) is 6.61 Å². The standard InChI is InChI=1S/C23H32ClFN3O8P/c1-3-32-12-18(33-11-17-7-5-4-6-8-17)13-34-37(30,31)35-15-23(14-24)21(29)20(25)22(36-23)28-10-9-19(26)27-16(28)2/h4-10,18,20-22,29H,2-3,11-15H2,1H3,(H2,26,27)(H,30,31)/t18?,20-,21+,22-,23-/m1/s1. The van der Waals surface area contributed by atoms with Gasteiger partial charge in [0.1, 0.15) is 29.5 Å². The minimum absolute atomic E-state index is 0.0816. The molecule has 0 aromatic heterocycles. The number of halogens is 2. The summed E-state index contributed by atoms with van der Waals surface area (Å²) in [6, 6.07) is 9.35. The molecule has 2 aliphatic heterocycles. The van der Waals surface area contributed by atoms with Gasteiger partial charge in [-0.05, 0) is 18.6 Å². The number of ether oxygens (including phenoxy) is 3. The molecule has 1 aromatic carbocycles. The van der Waals surface area contributed by atoms with E-state index >= 15 is 4.39 Å². The van der Waals surface area contributed by atoms with Crippen molar-refractivity contribution in [1.29, 1.82) is 0 Å². The number of alkyl halides is 2. The highest BCUT2D eigenvalue weighted by Crippen LogP contribution is 2.47. The second kappa shape index (κ2) is 13.3. The number of aliphatic imine (C=N–C) groups is 1. The summed E-state index contributed by atoms with van der Waals surface area (Å²) in [6.45, 7) is 5.19. The minimum atomic E-state index is -4.69. The maximum Gasteiger partial charge on any atom is 0.472 e. The van der Waals surface area contributed by atoms with E-state index in [1.54, 1.807) is 6.92 Å². The molecule has 3 rings (SSSR count). The van der Waals surface area contributed by atoms with Gasteiger partial charge >= 0.3 is 7.82 Å². The lowest BCUT2D eigenvalue weighted by Crippen LogP contribution is -2.47. The Morgan fingerprint density at radius 3 is 2.73 bits per heavy atom. The number of phosphoric ester groups is 1. The third kappa shape index (κ3) is 7.82. The Hall–Kier alpha value is -1.86. The molecule has 14 heteroatoms. The Morgan fingerprint density at radius 1 is 1.35 bits per heavy atom. The van der Waals surface area contributed by atoms with Gasteiger partial charge in [-0.1, -0.05) is 36.9 Å². The highest BCUT2D eigenvalue weighted by Gasteiger charge is 2.57. The fraction of sp³-hybridized carbons (Fsp3) is 0.522. The number of hydrogen-bond acceptors (Lipinski definition) is 10. The summed E-state index contributed by atoms with van der Waals surface area (Å²) in [5.74, 6) is -0.206. The molecule has 6 atom stereocenters. The first-order chi connectivity index (χ1) is 17.6.